The maximum Gasteiger partial charge on any atom is 0.279 e. The minimum atomic E-state index is 0.0787. The third-order valence-electron chi connectivity index (χ3n) is 4.46. The van der Waals surface area contributed by atoms with Crippen LogP contribution in [-0.4, -0.2) is 54.7 Å². The second-order valence-corrected chi connectivity index (χ2v) is 7.20. The van der Waals surface area contributed by atoms with E-state index in [9.17, 15) is 4.79 Å². The van der Waals surface area contributed by atoms with E-state index in [0.29, 0.717) is 12.6 Å². The number of aryl methyl sites for hydroxylation is 1. The van der Waals surface area contributed by atoms with Gasteiger partial charge in [0.1, 0.15) is 0 Å². The van der Waals surface area contributed by atoms with Crippen LogP contribution in [0.5, 0.6) is 0 Å². The number of quaternary nitrogens is 1. The lowest BCUT2D eigenvalue weighted by Gasteiger charge is -2.34. The summed E-state index contributed by atoms with van der Waals surface area (Å²) in [7, 11) is 0. The molecule has 0 spiro atoms. The Hall–Kier alpha value is -1.66. The number of carbonyl (C=O) groups excluding carboxylic acids is 1. The molecule has 1 aromatic rings. The minimum Gasteiger partial charge on any atom is -0.360 e. The normalized spacial score (nSPS) is 15.5. The molecule has 5 nitrogen and oxygen atoms in total. The molecule has 24 heavy (non-hydrogen) atoms. The molecule has 132 valence electrons. The number of anilines is 1. The van der Waals surface area contributed by atoms with Crippen molar-refractivity contribution in [1.29, 1.82) is 0 Å². The van der Waals surface area contributed by atoms with Crippen LogP contribution in [-0.2, 0) is 4.79 Å². The van der Waals surface area contributed by atoms with Gasteiger partial charge in [0.2, 0.25) is 0 Å². The van der Waals surface area contributed by atoms with E-state index < -0.39 is 0 Å². The van der Waals surface area contributed by atoms with Crippen molar-refractivity contribution in [3.8, 4) is 0 Å². The Kier molecular flexibility index (Phi) is 6.57. The number of hydrogen-bond donors (Lipinski definition) is 3. The number of benzene rings is 1. The Morgan fingerprint density at radius 2 is 1.96 bits per heavy atom. The highest BCUT2D eigenvalue weighted by atomic mass is 32.1. The molecule has 0 bridgehead atoms. The molecule has 1 aromatic carbocycles. The van der Waals surface area contributed by atoms with Crippen LogP contribution in [0, 0.1) is 13.8 Å². The monoisotopic (exact) mass is 349 g/mol. The zero-order chi connectivity index (χ0) is 17.7. The molecule has 0 radical (unpaired) electrons. The van der Waals surface area contributed by atoms with Gasteiger partial charge in [-0.15, -0.1) is 0 Å². The number of nitrogens with one attached hydrogen (secondary N) is 3. The molecule has 6 heteroatoms. The highest BCUT2D eigenvalue weighted by Crippen LogP contribution is 2.17. The van der Waals surface area contributed by atoms with Gasteiger partial charge in [-0.2, -0.15) is 0 Å². The zero-order valence-electron chi connectivity index (χ0n) is 15.1. The fourth-order valence-corrected chi connectivity index (χ4v) is 3.27. The summed E-state index contributed by atoms with van der Waals surface area (Å²) in [5, 5.41) is 7.15. The molecule has 2 rings (SSSR count). The summed E-state index contributed by atoms with van der Waals surface area (Å²) in [5.74, 6) is 0.0787. The van der Waals surface area contributed by atoms with Gasteiger partial charge in [0.05, 0.1) is 26.2 Å². The molecular formula is C18H29N4OS+. The Morgan fingerprint density at radius 3 is 2.58 bits per heavy atom. The Balaban J connectivity index is 1.80. The maximum absolute atomic E-state index is 12.3. The molecule has 0 saturated carbocycles. The van der Waals surface area contributed by atoms with Crippen LogP contribution in [0.15, 0.2) is 18.2 Å². The maximum atomic E-state index is 12.3. The topological polar surface area (TPSA) is 48.8 Å². The third kappa shape index (κ3) is 5.18. The second-order valence-electron chi connectivity index (χ2n) is 6.81. The quantitative estimate of drug-likeness (QED) is 0.702. The van der Waals surface area contributed by atoms with Crippen LogP contribution < -0.4 is 15.5 Å². The smallest absolute Gasteiger partial charge is 0.279 e. The number of amides is 1. The molecule has 0 atom stereocenters. The molecular weight excluding hydrogens is 320 g/mol. The van der Waals surface area contributed by atoms with Crippen LogP contribution in [0.4, 0.5) is 5.69 Å². The van der Waals surface area contributed by atoms with Gasteiger partial charge >= 0.3 is 0 Å². The number of carbonyl (C=O) groups is 1. The first-order valence-corrected chi connectivity index (χ1v) is 9.02. The number of nitrogens with zero attached hydrogens (tertiary/aromatic N) is 1. The van der Waals surface area contributed by atoms with E-state index in [1.165, 1.54) is 10.5 Å². The van der Waals surface area contributed by atoms with Crippen molar-refractivity contribution in [2.24, 2.45) is 0 Å². The first-order chi connectivity index (χ1) is 11.4. The average Bonchev–Trinajstić information content (AvgIpc) is 2.52. The zero-order valence-corrected chi connectivity index (χ0v) is 15.9. The second kappa shape index (κ2) is 8.44. The summed E-state index contributed by atoms with van der Waals surface area (Å²) >= 11 is 5.42. The van der Waals surface area contributed by atoms with Crippen LogP contribution in [0.1, 0.15) is 25.0 Å². The summed E-state index contributed by atoms with van der Waals surface area (Å²) < 4.78 is 0. The number of piperazine rings is 1. The van der Waals surface area contributed by atoms with Gasteiger partial charge in [0.15, 0.2) is 11.7 Å². The highest BCUT2D eigenvalue weighted by Gasteiger charge is 2.24. The van der Waals surface area contributed by atoms with Gasteiger partial charge in [-0.05, 0) is 57.1 Å². The number of hydrogen-bond acceptors (Lipinski definition) is 2. The third-order valence-corrected chi connectivity index (χ3v) is 4.84. The largest absolute Gasteiger partial charge is 0.360 e. The molecule has 0 aliphatic carbocycles. The van der Waals surface area contributed by atoms with Crippen LogP contribution in [0.25, 0.3) is 0 Å². The van der Waals surface area contributed by atoms with Gasteiger partial charge in [0.25, 0.3) is 5.91 Å². The Morgan fingerprint density at radius 1 is 1.29 bits per heavy atom. The van der Waals surface area contributed by atoms with E-state index in [-0.39, 0.29) is 5.91 Å². The molecule has 1 fully saturated rings. The first-order valence-electron chi connectivity index (χ1n) is 8.62. The minimum absolute atomic E-state index is 0.0787. The van der Waals surface area contributed by atoms with Crippen molar-refractivity contribution in [3.05, 3.63) is 29.3 Å². The summed E-state index contributed by atoms with van der Waals surface area (Å²) in [6, 6.07) is 6.35. The van der Waals surface area contributed by atoms with E-state index in [0.717, 1.165) is 42.5 Å². The predicted octanol–water partition coefficient (Wildman–Crippen LogP) is 0.725. The predicted molar refractivity (Wildman–Crippen MR) is 103 cm³/mol. The summed E-state index contributed by atoms with van der Waals surface area (Å²) in [4.78, 5) is 15.8. The molecule has 3 N–H and O–H groups in total. The highest BCUT2D eigenvalue weighted by molar-refractivity contribution is 7.80. The van der Waals surface area contributed by atoms with Crippen LogP contribution in [0.2, 0.25) is 0 Å². The number of rotatable bonds is 4. The van der Waals surface area contributed by atoms with Gasteiger partial charge in [0, 0.05) is 11.7 Å². The molecule has 1 aliphatic rings. The van der Waals surface area contributed by atoms with Crippen LogP contribution >= 0.6 is 12.2 Å². The number of thiocarbonyl (C=S) groups is 1. The van der Waals surface area contributed by atoms with Gasteiger partial charge in [-0.25, -0.2) is 0 Å². The summed E-state index contributed by atoms with van der Waals surface area (Å²) in [5.41, 5.74) is 3.25. The van der Waals surface area contributed by atoms with Crippen molar-refractivity contribution in [2.75, 3.05) is 38.0 Å². The fraction of sp³-hybridized carbons (Fsp3) is 0.556. The van der Waals surface area contributed by atoms with Crippen molar-refractivity contribution >= 4 is 28.9 Å². The Labute approximate surface area is 150 Å². The van der Waals surface area contributed by atoms with E-state index >= 15 is 0 Å². The molecule has 0 unspecified atom stereocenters. The van der Waals surface area contributed by atoms with Crippen molar-refractivity contribution in [3.63, 3.8) is 0 Å². The van der Waals surface area contributed by atoms with E-state index in [1.54, 1.807) is 0 Å². The Bertz CT molecular complexity index is 595. The van der Waals surface area contributed by atoms with Crippen LogP contribution in [0.3, 0.4) is 0 Å². The molecule has 1 saturated heterocycles. The standard InChI is InChI=1S/C18H28N4OS/c1-13(2)19-18(24)22-10-8-21(9-11-22)12-17(23)20-16-7-5-6-14(3)15(16)4/h5-7,13H,8-12H2,1-4H3,(H,19,24)(H,20,23)/p+1. The van der Waals surface area contributed by atoms with Gasteiger partial charge < -0.3 is 20.4 Å². The van der Waals surface area contributed by atoms with Crippen molar-refractivity contribution in [2.45, 2.75) is 33.7 Å². The van der Waals surface area contributed by atoms with E-state index in [2.05, 4.69) is 42.4 Å². The average molecular weight is 350 g/mol. The molecule has 1 aliphatic heterocycles. The lowest BCUT2D eigenvalue weighted by Crippen LogP contribution is -3.15. The molecule has 0 aromatic heterocycles. The van der Waals surface area contributed by atoms with E-state index in [4.69, 9.17) is 12.2 Å². The van der Waals surface area contributed by atoms with Crippen molar-refractivity contribution < 1.29 is 9.69 Å². The molecule has 1 heterocycles. The lowest BCUT2D eigenvalue weighted by molar-refractivity contribution is -0.895. The summed E-state index contributed by atoms with van der Waals surface area (Å²) in [6.07, 6.45) is 0. The molecule has 1 amide bonds. The SMILES string of the molecule is Cc1cccc(NC(=O)C[NH+]2CCN(C(=S)NC(C)C)CC2)c1C. The summed E-state index contributed by atoms with van der Waals surface area (Å²) in [6.45, 7) is 12.4. The van der Waals surface area contributed by atoms with Gasteiger partial charge in [-0.3, -0.25) is 4.79 Å². The lowest BCUT2D eigenvalue weighted by atomic mass is 10.1. The van der Waals surface area contributed by atoms with Gasteiger partial charge in [-0.1, -0.05) is 12.1 Å². The van der Waals surface area contributed by atoms with Crippen molar-refractivity contribution in [1.82, 2.24) is 10.2 Å². The fourth-order valence-electron chi connectivity index (χ4n) is 2.85. The van der Waals surface area contributed by atoms with E-state index in [1.807, 2.05) is 19.1 Å². The first kappa shape index (κ1) is 18.7.